The summed E-state index contributed by atoms with van der Waals surface area (Å²) in [5, 5.41) is 2.32. The van der Waals surface area contributed by atoms with Gasteiger partial charge in [-0.05, 0) is 18.9 Å². The number of carbonyl (C=O) groups is 1. The van der Waals surface area contributed by atoms with Crippen LogP contribution < -0.4 is 5.32 Å². The summed E-state index contributed by atoms with van der Waals surface area (Å²) in [4.78, 5) is 15.0. The van der Waals surface area contributed by atoms with Gasteiger partial charge in [0.1, 0.15) is 0 Å². The second-order valence-electron chi connectivity index (χ2n) is 6.23. The molecule has 0 spiro atoms. The Hall–Kier alpha value is -1.72. The molecule has 11 heteroatoms. The lowest BCUT2D eigenvalue weighted by Crippen LogP contribution is -2.39. The molecule has 1 amide bonds. The smallest absolute Gasteiger partial charge is 0.352 e. The molecule has 1 aliphatic rings. The number of nitrogens with zero attached hydrogens (tertiary/aromatic N) is 3. The summed E-state index contributed by atoms with van der Waals surface area (Å²) in [5.74, 6) is -0.457. The Kier molecular flexibility index (Phi) is 5.93. The predicted molar refractivity (Wildman–Crippen MR) is 88.0 cm³/mol. The fourth-order valence-electron chi connectivity index (χ4n) is 2.83. The minimum absolute atomic E-state index is 0.0480. The molecule has 1 fully saturated rings. The summed E-state index contributed by atoms with van der Waals surface area (Å²) < 4.78 is 67.2. The molecule has 0 bridgehead atoms. The van der Waals surface area contributed by atoms with E-state index >= 15 is 0 Å². The highest BCUT2D eigenvalue weighted by Crippen LogP contribution is 2.38. The summed E-state index contributed by atoms with van der Waals surface area (Å²) >= 11 is 0. The molecule has 1 aromatic heterocycles. The van der Waals surface area contributed by atoms with E-state index in [1.807, 2.05) is 0 Å². The van der Waals surface area contributed by atoms with Gasteiger partial charge in [0, 0.05) is 45.9 Å². The number of alkyl halides is 3. The van der Waals surface area contributed by atoms with E-state index < -0.39 is 33.9 Å². The van der Waals surface area contributed by atoms with Gasteiger partial charge in [-0.25, -0.2) is 0 Å². The zero-order chi connectivity index (χ0) is 19.7. The summed E-state index contributed by atoms with van der Waals surface area (Å²) in [6.45, 7) is 1.13. The number of aromatic nitrogens is 1. The number of nitrogens with one attached hydrogen (secondary N) is 1. The molecule has 26 heavy (non-hydrogen) atoms. The van der Waals surface area contributed by atoms with Gasteiger partial charge >= 0.3 is 6.18 Å². The molecule has 2 rings (SSSR count). The first-order valence-electron chi connectivity index (χ1n) is 7.94. The number of pyridine rings is 1. The van der Waals surface area contributed by atoms with Crippen LogP contribution in [-0.2, 0) is 27.7 Å². The lowest BCUT2D eigenvalue weighted by atomic mass is 10.0. The lowest BCUT2D eigenvalue weighted by molar-refractivity contribution is -0.138. The van der Waals surface area contributed by atoms with Crippen molar-refractivity contribution in [2.24, 2.45) is 0 Å². The second-order valence-corrected chi connectivity index (χ2v) is 8.33. The van der Waals surface area contributed by atoms with E-state index in [-0.39, 0.29) is 24.3 Å². The Morgan fingerprint density at radius 3 is 2.62 bits per heavy atom. The first-order valence-corrected chi connectivity index (χ1v) is 9.34. The van der Waals surface area contributed by atoms with Gasteiger partial charge in [-0.2, -0.15) is 30.2 Å². The SMILES string of the molecule is CC(=O)NCc1cnc([C@H]2CCCN2S(=O)(=O)N(C)C)cc1C(F)(F)F. The molecule has 1 atom stereocenters. The highest BCUT2D eigenvalue weighted by atomic mass is 32.2. The van der Waals surface area contributed by atoms with E-state index in [1.54, 1.807) is 0 Å². The van der Waals surface area contributed by atoms with Gasteiger partial charge < -0.3 is 5.32 Å². The molecule has 146 valence electrons. The van der Waals surface area contributed by atoms with E-state index in [2.05, 4.69) is 10.3 Å². The third-order valence-corrected chi connectivity index (χ3v) is 6.10. The summed E-state index contributed by atoms with van der Waals surface area (Å²) in [6.07, 6.45) is -2.67. The third-order valence-electron chi connectivity index (χ3n) is 4.14. The average Bonchev–Trinajstić information content (AvgIpc) is 3.02. The molecule has 0 saturated carbocycles. The van der Waals surface area contributed by atoms with Crippen LogP contribution in [0.4, 0.5) is 13.2 Å². The zero-order valence-corrected chi connectivity index (χ0v) is 15.5. The largest absolute Gasteiger partial charge is 0.416 e. The maximum atomic E-state index is 13.4. The van der Waals surface area contributed by atoms with Crippen molar-refractivity contribution in [2.75, 3.05) is 20.6 Å². The fraction of sp³-hybridized carbons (Fsp3) is 0.600. The molecule has 2 heterocycles. The highest BCUT2D eigenvalue weighted by Gasteiger charge is 2.39. The van der Waals surface area contributed by atoms with Crippen LogP contribution in [0.5, 0.6) is 0 Å². The third kappa shape index (κ3) is 4.33. The molecule has 1 saturated heterocycles. The molecule has 1 aromatic rings. The molecule has 1 N–H and O–H groups in total. The molecule has 0 aliphatic carbocycles. The standard InChI is InChI=1S/C15H21F3N4O3S/c1-10(23)19-8-11-9-20-13(7-12(11)15(16,17)18)14-5-4-6-22(14)26(24,25)21(2)3/h7,9,14H,4-6,8H2,1-3H3,(H,19,23)/t14-/m1/s1. The molecule has 0 unspecified atom stereocenters. The summed E-state index contributed by atoms with van der Waals surface area (Å²) in [6, 6.07) is 0.129. The average molecular weight is 394 g/mol. The van der Waals surface area contributed by atoms with Crippen LogP contribution >= 0.6 is 0 Å². The van der Waals surface area contributed by atoms with Crippen LogP contribution in [0.25, 0.3) is 0 Å². The van der Waals surface area contributed by atoms with Crippen molar-refractivity contribution in [1.29, 1.82) is 0 Å². The Balaban J connectivity index is 2.42. The minimum atomic E-state index is -4.64. The van der Waals surface area contributed by atoms with Gasteiger partial charge in [0.05, 0.1) is 17.3 Å². The van der Waals surface area contributed by atoms with Crippen molar-refractivity contribution in [2.45, 2.75) is 38.5 Å². The Labute approximate surface area is 150 Å². The van der Waals surface area contributed by atoms with E-state index in [0.717, 1.165) is 16.6 Å². The number of rotatable bonds is 5. The van der Waals surface area contributed by atoms with Gasteiger partial charge in [-0.15, -0.1) is 0 Å². The normalized spacial score (nSPS) is 19.1. The summed E-state index contributed by atoms with van der Waals surface area (Å²) in [5.41, 5.74) is -1.05. The van der Waals surface area contributed by atoms with Crippen molar-refractivity contribution in [1.82, 2.24) is 18.9 Å². The van der Waals surface area contributed by atoms with Gasteiger partial charge in [0.25, 0.3) is 10.2 Å². The Morgan fingerprint density at radius 1 is 1.42 bits per heavy atom. The highest BCUT2D eigenvalue weighted by molar-refractivity contribution is 7.86. The number of hydrogen-bond acceptors (Lipinski definition) is 4. The van der Waals surface area contributed by atoms with Gasteiger partial charge in [-0.1, -0.05) is 0 Å². The van der Waals surface area contributed by atoms with E-state index in [4.69, 9.17) is 0 Å². The molecule has 7 nitrogen and oxygen atoms in total. The van der Waals surface area contributed by atoms with E-state index in [1.165, 1.54) is 25.3 Å². The van der Waals surface area contributed by atoms with Crippen LogP contribution in [-0.4, -0.2) is 48.6 Å². The molecule has 0 aromatic carbocycles. The van der Waals surface area contributed by atoms with Crippen molar-refractivity contribution in [3.05, 3.63) is 29.1 Å². The molecular formula is C15H21F3N4O3S. The fourth-order valence-corrected chi connectivity index (χ4v) is 4.14. The number of halogens is 3. The monoisotopic (exact) mass is 394 g/mol. The lowest BCUT2D eigenvalue weighted by Gasteiger charge is -2.27. The first-order chi connectivity index (χ1) is 11.9. The minimum Gasteiger partial charge on any atom is -0.352 e. The number of hydrogen-bond donors (Lipinski definition) is 1. The maximum absolute atomic E-state index is 13.4. The van der Waals surface area contributed by atoms with E-state index in [9.17, 15) is 26.4 Å². The first kappa shape index (κ1) is 20.6. The van der Waals surface area contributed by atoms with Gasteiger partial charge in [0.15, 0.2) is 0 Å². The second kappa shape index (κ2) is 7.49. The van der Waals surface area contributed by atoms with Crippen LogP contribution in [0.1, 0.15) is 42.6 Å². The van der Waals surface area contributed by atoms with Crippen molar-refractivity contribution >= 4 is 16.1 Å². The van der Waals surface area contributed by atoms with Gasteiger partial charge in [0.2, 0.25) is 5.91 Å². The van der Waals surface area contributed by atoms with Gasteiger partial charge in [-0.3, -0.25) is 9.78 Å². The predicted octanol–water partition coefficient (Wildman–Crippen LogP) is 1.68. The molecule has 1 aliphatic heterocycles. The van der Waals surface area contributed by atoms with E-state index in [0.29, 0.717) is 12.8 Å². The van der Waals surface area contributed by atoms with Crippen molar-refractivity contribution in [3.63, 3.8) is 0 Å². The van der Waals surface area contributed by atoms with Crippen LogP contribution in [0.15, 0.2) is 12.3 Å². The summed E-state index contributed by atoms with van der Waals surface area (Å²) in [7, 11) is -1.02. The number of amides is 1. The zero-order valence-electron chi connectivity index (χ0n) is 14.7. The topological polar surface area (TPSA) is 82.6 Å². The van der Waals surface area contributed by atoms with Crippen LogP contribution in [0, 0.1) is 0 Å². The quantitative estimate of drug-likeness (QED) is 0.824. The molecule has 0 radical (unpaired) electrons. The molecular weight excluding hydrogens is 373 g/mol. The van der Waals surface area contributed by atoms with Crippen molar-refractivity contribution < 1.29 is 26.4 Å². The van der Waals surface area contributed by atoms with Crippen molar-refractivity contribution in [3.8, 4) is 0 Å². The Morgan fingerprint density at radius 2 is 2.08 bits per heavy atom. The Bertz CT molecular complexity index is 781. The van der Waals surface area contributed by atoms with Crippen LogP contribution in [0.3, 0.4) is 0 Å². The van der Waals surface area contributed by atoms with Crippen LogP contribution in [0.2, 0.25) is 0 Å². The maximum Gasteiger partial charge on any atom is 0.416 e. The number of carbonyl (C=O) groups excluding carboxylic acids is 1.